The smallest absolute Gasteiger partial charge is 0.251 e. The maximum atomic E-state index is 12.7. The number of fused-ring (bicyclic) bond motifs is 2. The third kappa shape index (κ3) is 5.34. The zero-order valence-corrected chi connectivity index (χ0v) is 20.3. The molecule has 1 amide bonds. The molecule has 0 saturated heterocycles. The Labute approximate surface area is 198 Å². The van der Waals surface area contributed by atoms with Crippen LogP contribution in [0.5, 0.6) is 5.75 Å². The standard InChI is InChI=1S/C25H26N2O4S2/c1-4-33(29,30)20-9-5-17(6-10-20)15-26-25(28)18-7-12-23-22(13-18)27-21-11-8-19(31-16(2)3)14-24(21)32-23/h5-14,16,27H,4,15H2,1-3H3,(H,26,28). The molecule has 1 aliphatic rings. The van der Waals surface area contributed by atoms with Gasteiger partial charge in [-0.15, -0.1) is 0 Å². The molecule has 0 saturated carbocycles. The van der Waals surface area contributed by atoms with Crippen LogP contribution in [-0.4, -0.2) is 26.2 Å². The fraction of sp³-hybridized carbons (Fsp3) is 0.240. The van der Waals surface area contributed by atoms with Crippen molar-refractivity contribution in [2.24, 2.45) is 0 Å². The molecule has 0 unspecified atom stereocenters. The van der Waals surface area contributed by atoms with E-state index in [0.29, 0.717) is 17.0 Å². The molecule has 3 aromatic carbocycles. The highest BCUT2D eigenvalue weighted by molar-refractivity contribution is 7.99. The molecule has 8 heteroatoms. The van der Waals surface area contributed by atoms with Crippen LogP contribution in [0.1, 0.15) is 36.7 Å². The van der Waals surface area contributed by atoms with E-state index >= 15 is 0 Å². The molecule has 0 fully saturated rings. The van der Waals surface area contributed by atoms with Crippen LogP contribution in [0, 0.1) is 0 Å². The van der Waals surface area contributed by atoms with Crippen LogP contribution < -0.4 is 15.4 Å². The number of anilines is 2. The van der Waals surface area contributed by atoms with Crippen molar-refractivity contribution < 1.29 is 17.9 Å². The minimum absolute atomic E-state index is 0.0606. The Morgan fingerprint density at radius 1 is 1.00 bits per heavy atom. The average molecular weight is 483 g/mol. The summed E-state index contributed by atoms with van der Waals surface area (Å²) in [6.45, 7) is 5.93. The molecule has 172 valence electrons. The van der Waals surface area contributed by atoms with Crippen LogP contribution in [-0.2, 0) is 16.4 Å². The number of rotatable bonds is 7. The second kappa shape index (κ2) is 9.49. The quantitative estimate of drug-likeness (QED) is 0.367. The van der Waals surface area contributed by atoms with Gasteiger partial charge < -0.3 is 15.4 Å². The number of hydrogen-bond acceptors (Lipinski definition) is 6. The molecule has 0 bridgehead atoms. The van der Waals surface area contributed by atoms with Crippen molar-refractivity contribution in [3.05, 3.63) is 71.8 Å². The predicted octanol–water partition coefficient (Wildman–Crippen LogP) is 5.41. The largest absolute Gasteiger partial charge is 0.491 e. The summed E-state index contributed by atoms with van der Waals surface area (Å²) in [7, 11) is -3.23. The van der Waals surface area contributed by atoms with Crippen molar-refractivity contribution in [1.82, 2.24) is 5.32 Å². The molecule has 0 aliphatic carbocycles. The second-order valence-electron chi connectivity index (χ2n) is 7.99. The maximum absolute atomic E-state index is 12.7. The van der Waals surface area contributed by atoms with Gasteiger partial charge in [0.25, 0.3) is 5.91 Å². The van der Waals surface area contributed by atoms with E-state index in [1.165, 1.54) is 0 Å². The highest BCUT2D eigenvalue weighted by Gasteiger charge is 2.19. The van der Waals surface area contributed by atoms with Gasteiger partial charge in [-0.2, -0.15) is 0 Å². The van der Waals surface area contributed by atoms with E-state index in [1.807, 2.05) is 44.2 Å². The van der Waals surface area contributed by atoms with Gasteiger partial charge in [-0.25, -0.2) is 8.42 Å². The molecule has 0 atom stereocenters. The van der Waals surface area contributed by atoms with Crippen LogP contribution in [0.4, 0.5) is 11.4 Å². The van der Waals surface area contributed by atoms with E-state index in [2.05, 4.69) is 10.6 Å². The lowest BCUT2D eigenvalue weighted by atomic mass is 10.1. The molecule has 4 rings (SSSR count). The van der Waals surface area contributed by atoms with Gasteiger partial charge in [0.05, 0.1) is 28.1 Å². The molecule has 3 aromatic rings. The first kappa shape index (κ1) is 23.2. The summed E-state index contributed by atoms with van der Waals surface area (Å²) in [6.07, 6.45) is 0.111. The second-order valence-corrected chi connectivity index (χ2v) is 11.4. The zero-order valence-electron chi connectivity index (χ0n) is 18.7. The molecule has 0 radical (unpaired) electrons. The highest BCUT2D eigenvalue weighted by atomic mass is 32.2. The number of nitrogens with one attached hydrogen (secondary N) is 2. The fourth-order valence-corrected chi connectivity index (χ4v) is 5.30. The zero-order chi connectivity index (χ0) is 23.6. The lowest BCUT2D eigenvalue weighted by molar-refractivity contribution is 0.0951. The van der Waals surface area contributed by atoms with Gasteiger partial charge in [0.1, 0.15) is 5.75 Å². The molecule has 33 heavy (non-hydrogen) atoms. The SMILES string of the molecule is CCS(=O)(=O)c1ccc(CNC(=O)c2ccc3c(c2)Nc2ccc(OC(C)C)cc2S3)cc1. The number of carbonyl (C=O) groups excluding carboxylic acids is 1. The highest BCUT2D eigenvalue weighted by Crippen LogP contribution is 2.45. The Morgan fingerprint density at radius 3 is 2.45 bits per heavy atom. The Morgan fingerprint density at radius 2 is 1.76 bits per heavy atom. The van der Waals surface area contributed by atoms with Crippen molar-refractivity contribution in [3.8, 4) is 5.75 Å². The van der Waals surface area contributed by atoms with Gasteiger partial charge in [-0.3, -0.25) is 4.79 Å². The average Bonchev–Trinajstić information content (AvgIpc) is 2.80. The van der Waals surface area contributed by atoms with E-state index in [0.717, 1.165) is 32.5 Å². The molecule has 2 N–H and O–H groups in total. The van der Waals surface area contributed by atoms with Crippen LogP contribution >= 0.6 is 11.8 Å². The summed E-state index contributed by atoms with van der Waals surface area (Å²) in [5, 5.41) is 6.30. The van der Waals surface area contributed by atoms with Gasteiger partial charge >= 0.3 is 0 Å². The Kier molecular flexibility index (Phi) is 6.67. The van der Waals surface area contributed by atoms with E-state index in [-0.39, 0.29) is 17.8 Å². The lowest BCUT2D eigenvalue weighted by Crippen LogP contribution is -2.23. The van der Waals surface area contributed by atoms with Crippen LogP contribution in [0.2, 0.25) is 0 Å². The van der Waals surface area contributed by atoms with E-state index < -0.39 is 9.84 Å². The summed E-state index contributed by atoms with van der Waals surface area (Å²) in [5.74, 6) is 0.699. The number of carbonyl (C=O) groups is 1. The normalized spacial score (nSPS) is 12.5. The van der Waals surface area contributed by atoms with Gasteiger partial charge in [-0.1, -0.05) is 30.8 Å². The Hall–Kier alpha value is -2.97. The number of hydrogen-bond donors (Lipinski definition) is 2. The fourth-order valence-electron chi connectivity index (χ4n) is 3.42. The third-order valence-corrected chi connectivity index (χ3v) is 8.06. The Balaban J connectivity index is 1.42. The number of sulfone groups is 1. The molecular formula is C25H26N2O4S2. The molecule has 1 aliphatic heterocycles. The summed E-state index contributed by atoms with van der Waals surface area (Å²) < 4.78 is 29.7. The van der Waals surface area contributed by atoms with Gasteiger partial charge in [-0.05, 0) is 67.9 Å². The first-order valence-electron chi connectivity index (χ1n) is 10.7. The summed E-state index contributed by atoms with van der Waals surface area (Å²) >= 11 is 1.64. The number of amides is 1. The van der Waals surface area contributed by atoms with Crippen LogP contribution in [0.25, 0.3) is 0 Å². The topological polar surface area (TPSA) is 84.5 Å². The molecule has 1 heterocycles. The first-order chi connectivity index (χ1) is 15.7. The molecule has 6 nitrogen and oxygen atoms in total. The van der Waals surface area contributed by atoms with Crippen molar-refractivity contribution in [2.45, 2.75) is 48.1 Å². The minimum atomic E-state index is -3.23. The van der Waals surface area contributed by atoms with Crippen LogP contribution in [0.15, 0.2) is 75.4 Å². The molecule has 0 spiro atoms. The monoisotopic (exact) mass is 482 g/mol. The first-order valence-corrected chi connectivity index (χ1v) is 13.2. The van der Waals surface area contributed by atoms with E-state index in [9.17, 15) is 13.2 Å². The van der Waals surface area contributed by atoms with Gasteiger partial charge in [0.15, 0.2) is 9.84 Å². The van der Waals surface area contributed by atoms with Crippen molar-refractivity contribution >= 4 is 38.9 Å². The van der Waals surface area contributed by atoms with E-state index in [1.54, 1.807) is 49.0 Å². The third-order valence-electron chi connectivity index (χ3n) is 5.17. The van der Waals surface area contributed by atoms with Crippen molar-refractivity contribution in [2.75, 3.05) is 11.1 Å². The molecular weight excluding hydrogens is 456 g/mol. The maximum Gasteiger partial charge on any atom is 0.251 e. The summed E-state index contributed by atoms with van der Waals surface area (Å²) in [6, 6.07) is 18.1. The summed E-state index contributed by atoms with van der Waals surface area (Å²) in [4.78, 5) is 15.1. The van der Waals surface area contributed by atoms with Crippen molar-refractivity contribution in [3.63, 3.8) is 0 Å². The van der Waals surface area contributed by atoms with Crippen LogP contribution in [0.3, 0.4) is 0 Å². The van der Waals surface area contributed by atoms with Gasteiger partial charge in [0.2, 0.25) is 0 Å². The minimum Gasteiger partial charge on any atom is -0.491 e. The van der Waals surface area contributed by atoms with Crippen molar-refractivity contribution in [1.29, 1.82) is 0 Å². The molecule has 0 aromatic heterocycles. The lowest BCUT2D eigenvalue weighted by Gasteiger charge is -2.22. The van der Waals surface area contributed by atoms with Gasteiger partial charge in [0, 0.05) is 21.9 Å². The number of ether oxygens (including phenoxy) is 1. The van der Waals surface area contributed by atoms with E-state index in [4.69, 9.17) is 4.74 Å². The summed E-state index contributed by atoms with van der Waals surface area (Å²) in [5.41, 5.74) is 3.24. The Bertz CT molecular complexity index is 1290. The predicted molar refractivity (Wildman–Crippen MR) is 131 cm³/mol. The number of benzene rings is 3.